The SMILES string of the molecule is NC1CC(CNc2ccc(C3CCCCC3)cc2)C1. The molecule has 104 valence electrons. The lowest BCUT2D eigenvalue weighted by atomic mass is 9.81. The summed E-state index contributed by atoms with van der Waals surface area (Å²) < 4.78 is 0. The Hall–Kier alpha value is -1.02. The molecule has 0 spiro atoms. The van der Waals surface area contributed by atoms with E-state index >= 15 is 0 Å². The molecule has 0 bridgehead atoms. The Morgan fingerprint density at radius 3 is 2.32 bits per heavy atom. The van der Waals surface area contributed by atoms with Crippen molar-refractivity contribution in [2.24, 2.45) is 11.7 Å². The summed E-state index contributed by atoms with van der Waals surface area (Å²) in [6.45, 7) is 1.08. The number of nitrogens with one attached hydrogen (secondary N) is 1. The minimum atomic E-state index is 0.459. The number of anilines is 1. The van der Waals surface area contributed by atoms with Crippen molar-refractivity contribution < 1.29 is 0 Å². The van der Waals surface area contributed by atoms with Gasteiger partial charge in [0.2, 0.25) is 0 Å². The molecule has 2 aliphatic rings. The van der Waals surface area contributed by atoms with Gasteiger partial charge in [-0.2, -0.15) is 0 Å². The van der Waals surface area contributed by atoms with Crippen LogP contribution in [-0.4, -0.2) is 12.6 Å². The van der Waals surface area contributed by atoms with E-state index < -0.39 is 0 Å². The van der Waals surface area contributed by atoms with Crippen molar-refractivity contribution in [3.8, 4) is 0 Å². The molecule has 0 radical (unpaired) electrons. The molecule has 3 N–H and O–H groups in total. The van der Waals surface area contributed by atoms with Crippen LogP contribution in [-0.2, 0) is 0 Å². The second kappa shape index (κ2) is 5.96. The monoisotopic (exact) mass is 258 g/mol. The predicted octanol–water partition coefficient (Wildman–Crippen LogP) is 3.88. The minimum absolute atomic E-state index is 0.459. The van der Waals surface area contributed by atoms with Crippen LogP contribution in [0.4, 0.5) is 5.69 Å². The second-order valence-corrected chi connectivity index (χ2v) is 6.44. The van der Waals surface area contributed by atoms with Gasteiger partial charge in [-0.1, -0.05) is 31.4 Å². The highest BCUT2D eigenvalue weighted by molar-refractivity contribution is 5.45. The summed E-state index contributed by atoms with van der Waals surface area (Å²) in [5.41, 5.74) is 8.61. The largest absolute Gasteiger partial charge is 0.385 e. The average molecular weight is 258 g/mol. The quantitative estimate of drug-likeness (QED) is 0.860. The predicted molar refractivity (Wildman–Crippen MR) is 81.5 cm³/mol. The fourth-order valence-corrected chi connectivity index (χ4v) is 3.53. The molecule has 0 aromatic heterocycles. The lowest BCUT2D eigenvalue weighted by Crippen LogP contribution is -2.39. The Bertz CT molecular complexity index is 386. The smallest absolute Gasteiger partial charge is 0.0340 e. The molecule has 2 heteroatoms. The Labute approximate surface area is 116 Å². The Kier molecular flexibility index (Phi) is 4.07. The van der Waals surface area contributed by atoms with Crippen LogP contribution < -0.4 is 11.1 Å². The molecule has 0 heterocycles. The standard InChI is InChI=1S/C17H26N2/c18-16-10-13(11-16)12-19-17-8-6-15(7-9-17)14-4-2-1-3-5-14/h6-9,13-14,16,19H,1-5,10-12,18H2. The first-order chi connectivity index (χ1) is 9.31. The molecular weight excluding hydrogens is 232 g/mol. The first-order valence-corrected chi connectivity index (χ1v) is 7.90. The summed E-state index contributed by atoms with van der Waals surface area (Å²) in [4.78, 5) is 0. The number of hydrogen-bond donors (Lipinski definition) is 2. The van der Waals surface area contributed by atoms with Gasteiger partial charge in [0.25, 0.3) is 0 Å². The van der Waals surface area contributed by atoms with Gasteiger partial charge in [-0.15, -0.1) is 0 Å². The average Bonchev–Trinajstić information content (AvgIpc) is 2.44. The van der Waals surface area contributed by atoms with E-state index in [-0.39, 0.29) is 0 Å². The van der Waals surface area contributed by atoms with Crippen LogP contribution in [0, 0.1) is 5.92 Å². The van der Waals surface area contributed by atoms with Gasteiger partial charge in [-0.3, -0.25) is 0 Å². The maximum Gasteiger partial charge on any atom is 0.0340 e. The maximum absolute atomic E-state index is 5.81. The van der Waals surface area contributed by atoms with E-state index in [9.17, 15) is 0 Å². The lowest BCUT2D eigenvalue weighted by Gasteiger charge is -2.32. The first-order valence-electron chi connectivity index (χ1n) is 7.90. The molecule has 1 aromatic carbocycles. The molecule has 19 heavy (non-hydrogen) atoms. The Balaban J connectivity index is 1.50. The Morgan fingerprint density at radius 1 is 1.00 bits per heavy atom. The molecule has 0 atom stereocenters. The topological polar surface area (TPSA) is 38.0 Å². The van der Waals surface area contributed by atoms with Crippen molar-refractivity contribution in [2.75, 3.05) is 11.9 Å². The van der Waals surface area contributed by atoms with Crippen LogP contribution in [0.3, 0.4) is 0 Å². The normalized spacial score (nSPS) is 27.8. The number of rotatable bonds is 4. The van der Waals surface area contributed by atoms with Crippen molar-refractivity contribution in [1.29, 1.82) is 0 Å². The van der Waals surface area contributed by atoms with Crippen LogP contribution >= 0.6 is 0 Å². The van der Waals surface area contributed by atoms with Crippen LogP contribution in [0.15, 0.2) is 24.3 Å². The van der Waals surface area contributed by atoms with Gasteiger partial charge < -0.3 is 11.1 Å². The summed E-state index contributed by atoms with van der Waals surface area (Å²) in [5.74, 6) is 1.60. The fraction of sp³-hybridized carbons (Fsp3) is 0.647. The highest BCUT2D eigenvalue weighted by Crippen LogP contribution is 2.33. The summed E-state index contributed by atoms with van der Waals surface area (Å²) in [5, 5.41) is 3.54. The molecule has 2 saturated carbocycles. The van der Waals surface area contributed by atoms with Crippen molar-refractivity contribution >= 4 is 5.69 Å². The van der Waals surface area contributed by atoms with Crippen molar-refractivity contribution in [3.63, 3.8) is 0 Å². The number of nitrogens with two attached hydrogens (primary N) is 1. The summed E-state index contributed by atoms with van der Waals surface area (Å²) in [6.07, 6.45) is 9.39. The van der Waals surface area contributed by atoms with E-state index in [2.05, 4.69) is 29.6 Å². The van der Waals surface area contributed by atoms with E-state index in [1.54, 1.807) is 0 Å². The number of benzene rings is 1. The van der Waals surface area contributed by atoms with E-state index in [4.69, 9.17) is 5.73 Å². The van der Waals surface area contributed by atoms with Crippen molar-refractivity contribution in [3.05, 3.63) is 29.8 Å². The van der Waals surface area contributed by atoms with Gasteiger partial charge in [0.1, 0.15) is 0 Å². The highest BCUT2D eigenvalue weighted by Gasteiger charge is 2.25. The third kappa shape index (κ3) is 3.30. The van der Waals surface area contributed by atoms with Gasteiger partial charge in [0.05, 0.1) is 0 Å². The summed E-state index contributed by atoms with van der Waals surface area (Å²) in [6, 6.07) is 9.61. The van der Waals surface area contributed by atoms with Crippen LogP contribution in [0.2, 0.25) is 0 Å². The molecule has 0 amide bonds. The molecular formula is C17H26N2. The first kappa shape index (κ1) is 13.0. The zero-order valence-electron chi connectivity index (χ0n) is 11.8. The molecule has 0 aliphatic heterocycles. The van der Waals surface area contributed by atoms with Crippen LogP contribution in [0.1, 0.15) is 56.4 Å². The highest BCUT2D eigenvalue weighted by atomic mass is 14.9. The summed E-state index contributed by atoms with van der Waals surface area (Å²) in [7, 11) is 0. The van der Waals surface area contributed by atoms with Gasteiger partial charge in [0.15, 0.2) is 0 Å². The molecule has 1 aromatic rings. The third-order valence-electron chi connectivity index (χ3n) is 4.85. The van der Waals surface area contributed by atoms with Crippen LogP contribution in [0.25, 0.3) is 0 Å². The molecule has 2 nitrogen and oxygen atoms in total. The van der Waals surface area contributed by atoms with E-state index in [1.807, 2.05) is 0 Å². The third-order valence-corrected chi connectivity index (χ3v) is 4.85. The van der Waals surface area contributed by atoms with E-state index in [1.165, 1.54) is 56.2 Å². The zero-order valence-corrected chi connectivity index (χ0v) is 11.8. The molecule has 3 rings (SSSR count). The van der Waals surface area contributed by atoms with E-state index in [0.717, 1.165) is 18.4 Å². The van der Waals surface area contributed by atoms with E-state index in [0.29, 0.717) is 6.04 Å². The molecule has 0 unspecified atom stereocenters. The molecule has 0 saturated heterocycles. The Morgan fingerprint density at radius 2 is 1.68 bits per heavy atom. The molecule has 2 aliphatic carbocycles. The van der Waals surface area contributed by atoms with Gasteiger partial charge in [-0.05, 0) is 55.2 Å². The van der Waals surface area contributed by atoms with Gasteiger partial charge in [0, 0.05) is 18.3 Å². The number of hydrogen-bond acceptors (Lipinski definition) is 2. The second-order valence-electron chi connectivity index (χ2n) is 6.44. The zero-order chi connectivity index (χ0) is 13.1. The fourth-order valence-electron chi connectivity index (χ4n) is 3.53. The van der Waals surface area contributed by atoms with Crippen molar-refractivity contribution in [2.45, 2.75) is 56.9 Å². The van der Waals surface area contributed by atoms with Crippen LogP contribution in [0.5, 0.6) is 0 Å². The summed E-state index contributed by atoms with van der Waals surface area (Å²) >= 11 is 0. The maximum atomic E-state index is 5.81. The van der Waals surface area contributed by atoms with Gasteiger partial charge in [-0.25, -0.2) is 0 Å². The molecule has 2 fully saturated rings. The van der Waals surface area contributed by atoms with Crippen molar-refractivity contribution in [1.82, 2.24) is 0 Å². The lowest BCUT2D eigenvalue weighted by molar-refractivity contribution is 0.280. The van der Waals surface area contributed by atoms with Gasteiger partial charge >= 0.3 is 0 Å². The minimum Gasteiger partial charge on any atom is -0.385 e.